The Morgan fingerprint density at radius 2 is 1.86 bits per heavy atom. The lowest BCUT2D eigenvalue weighted by atomic mass is 10.1. The first-order valence-electron chi connectivity index (χ1n) is 7.56. The molecule has 3 aromatic rings. The van der Waals surface area contributed by atoms with E-state index in [0.29, 0.717) is 0 Å². The van der Waals surface area contributed by atoms with Crippen LogP contribution >= 0.6 is 0 Å². The van der Waals surface area contributed by atoms with Crippen LogP contribution in [-0.4, -0.2) is 16.3 Å². The van der Waals surface area contributed by atoms with E-state index in [1.165, 1.54) is 11.1 Å². The van der Waals surface area contributed by atoms with E-state index >= 15 is 0 Å². The van der Waals surface area contributed by atoms with Crippen molar-refractivity contribution < 1.29 is 4.42 Å². The summed E-state index contributed by atoms with van der Waals surface area (Å²) in [5.74, 6) is 1.87. The molecule has 0 saturated carbocycles. The summed E-state index contributed by atoms with van der Waals surface area (Å²) in [6, 6.07) is 12.4. The molecule has 0 unspecified atom stereocenters. The van der Waals surface area contributed by atoms with Gasteiger partial charge in [-0.15, -0.1) is 0 Å². The maximum absolute atomic E-state index is 5.88. The van der Waals surface area contributed by atoms with Crippen LogP contribution in [0.1, 0.15) is 16.9 Å². The van der Waals surface area contributed by atoms with Crippen LogP contribution in [0.15, 0.2) is 53.2 Å². The molecule has 0 atom stereocenters. The minimum atomic E-state index is 0.728. The van der Waals surface area contributed by atoms with Crippen molar-refractivity contribution >= 4 is 0 Å². The van der Waals surface area contributed by atoms with Gasteiger partial charge in [0.25, 0.3) is 0 Å². The van der Waals surface area contributed by atoms with Crippen LogP contribution in [0.2, 0.25) is 0 Å². The highest BCUT2D eigenvalue weighted by Crippen LogP contribution is 2.22. The number of hydrogen-bond acceptors (Lipinski definition) is 3. The Morgan fingerprint density at radius 3 is 2.59 bits per heavy atom. The molecule has 114 valence electrons. The summed E-state index contributed by atoms with van der Waals surface area (Å²) in [7, 11) is 0. The third-order valence-corrected chi connectivity index (χ3v) is 3.58. The molecule has 0 aliphatic rings. The topological polar surface area (TPSA) is 43.0 Å². The Balaban J connectivity index is 1.50. The van der Waals surface area contributed by atoms with E-state index in [4.69, 9.17) is 4.42 Å². The minimum Gasteiger partial charge on any atom is -0.460 e. The lowest BCUT2D eigenvalue weighted by Crippen LogP contribution is -2.19. The number of furan rings is 1. The van der Waals surface area contributed by atoms with Crippen LogP contribution in [0.3, 0.4) is 0 Å². The molecule has 0 saturated heterocycles. The number of nitrogens with one attached hydrogen (secondary N) is 1. The average Bonchev–Trinajstić information content (AvgIpc) is 3.14. The van der Waals surface area contributed by atoms with Crippen LogP contribution < -0.4 is 5.32 Å². The molecule has 0 radical (unpaired) electrons. The summed E-state index contributed by atoms with van der Waals surface area (Å²) in [5, 5.41) is 7.64. The van der Waals surface area contributed by atoms with Crippen molar-refractivity contribution in [3.05, 3.63) is 65.7 Å². The predicted molar refractivity (Wildman–Crippen MR) is 87.6 cm³/mol. The smallest absolute Gasteiger partial charge is 0.134 e. The van der Waals surface area contributed by atoms with Gasteiger partial charge in [0.15, 0.2) is 0 Å². The number of aryl methyl sites for hydroxylation is 2. The number of aromatic nitrogens is 2. The van der Waals surface area contributed by atoms with Crippen LogP contribution in [0.25, 0.3) is 11.3 Å². The van der Waals surface area contributed by atoms with E-state index in [-0.39, 0.29) is 0 Å². The first kappa shape index (κ1) is 14.6. The standard InChI is InChI=1S/C18H21N3O/c1-14-3-5-16(6-4-14)18-8-7-17(22-18)12-19-9-10-21-13-15(2)11-20-21/h3-8,11,13,19H,9-10,12H2,1-2H3. The third kappa shape index (κ3) is 3.65. The largest absolute Gasteiger partial charge is 0.460 e. The number of benzene rings is 1. The van der Waals surface area contributed by atoms with E-state index in [1.807, 2.05) is 36.1 Å². The summed E-state index contributed by atoms with van der Waals surface area (Å²) in [5.41, 5.74) is 3.56. The zero-order valence-corrected chi connectivity index (χ0v) is 13.0. The lowest BCUT2D eigenvalue weighted by molar-refractivity contribution is 0.478. The van der Waals surface area contributed by atoms with Crippen molar-refractivity contribution in [1.29, 1.82) is 0 Å². The molecule has 0 aliphatic heterocycles. The second kappa shape index (κ2) is 6.62. The molecule has 1 aromatic carbocycles. The van der Waals surface area contributed by atoms with E-state index in [1.54, 1.807) is 0 Å². The molecule has 4 heteroatoms. The van der Waals surface area contributed by atoms with Gasteiger partial charge in [0.05, 0.1) is 19.3 Å². The number of rotatable bonds is 6. The summed E-state index contributed by atoms with van der Waals surface area (Å²) < 4.78 is 7.83. The highest BCUT2D eigenvalue weighted by molar-refractivity contribution is 5.57. The van der Waals surface area contributed by atoms with Crippen molar-refractivity contribution in [3.8, 4) is 11.3 Å². The molecule has 0 bridgehead atoms. The van der Waals surface area contributed by atoms with E-state index in [2.05, 4.69) is 41.6 Å². The van der Waals surface area contributed by atoms with Crippen molar-refractivity contribution in [3.63, 3.8) is 0 Å². The Bertz CT molecular complexity index is 725. The molecule has 3 rings (SSSR count). The van der Waals surface area contributed by atoms with Crippen molar-refractivity contribution in [2.45, 2.75) is 26.9 Å². The van der Waals surface area contributed by atoms with Crippen LogP contribution in [0.5, 0.6) is 0 Å². The van der Waals surface area contributed by atoms with Crippen LogP contribution in [0.4, 0.5) is 0 Å². The highest BCUT2D eigenvalue weighted by atomic mass is 16.3. The van der Waals surface area contributed by atoms with Gasteiger partial charge < -0.3 is 9.73 Å². The fraction of sp³-hybridized carbons (Fsp3) is 0.278. The fourth-order valence-electron chi connectivity index (χ4n) is 2.34. The Morgan fingerprint density at radius 1 is 1.05 bits per heavy atom. The van der Waals surface area contributed by atoms with Gasteiger partial charge in [-0.2, -0.15) is 5.10 Å². The van der Waals surface area contributed by atoms with Crippen molar-refractivity contribution in [2.24, 2.45) is 0 Å². The number of nitrogens with zero attached hydrogens (tertiary/aromatic N) is 2. The van der Waals surface area contributed by atoms with Crippen LogP contribution in [0, 0.1) is 13.8 Å². The maximum atomic E-state index is 5.88. The molecule has 1 N–H and O–H groups in total. The molecule has 2 heterocycles. The first-order valence-corrected chi connectivity index (χ1v) is 7.56. The van der Waals surface area contributed by atoms with Gasteiger partial charge in [0.1, 0.15) is 11.5 Å². The van der Waals surface area contributed by atoms with Crippen molar-refractivity contribution in [1.82, 2.24) is 15.1 Å². The average molecular weight is 295 g/mol. The summed E-state index contributed by atoms with van der Waals surface area (Å²) >= 11 is 0. The SMILES string of the molecule is Cc1ccc(-c2ccc(CNCCn3cc(C)cn3)o2)cc1. The summed E-state index contributed by atoms with van der Waals surface area (Å²) in [6.45, 7) is 6.59. The van der Waals surface area contributed by atoms with E-state index in [9.17, 15) is 0 Å². The molecule has 4 nitrogen and oxygen atoms in total. The monoisotopic (exact) mass is 295 g/mol. The molecule has 0 aliphatic carbocycles. The Labute approximate surface area is 130 Å². The molecular weight excluding hydrogens is 274 g/mol. The lowest BCUT2D eigenvalue weighted by Gasteiger charge is -2.03. The molecule has 2 aromatic heterocycles. The number of hydrogen-bond donors (Lipinski definition) is 1. The third-order valence-electron chi connectivity index (χ3n) is 3.58. The molecular formula is C18H21N3O. The molecule has 0 amide bonds. The van der Waals surface area contributed by atoms with Gasteiger partial charge >= 0.3 is 0 Å². The Kier molecular flexibility index (Phi) is 4.39. The van der Waals surface area contributed by atoms with Gasteiger partial charge in [-0.3, -0.25) is 4.68 Å². The van der Waals surface area contributed by atoms with E-state index < -0.39 is 0 Å². The predicted octanol–water partition coefficient (Wildman–Crippen LogP) is 3.55. The zero-order chi connectivity index (χ0) is 15.4. The quantitative estimate of drug-likeness (QED) is 0.707. The Hall–Kier alpha value is -2.33. The van der Waals surface area contributed by atoms with Gasteiger partial charge in [0, 0.05) is 18.3 Å². The maximum Gasteiger partial charge on any atom is 0.134 e. The first-order chi connectivity index (χ1) is 10.7. The second-order valence-electron chi connectivity index (χ2n) is 5.59. The zero-order valence-electron chi connectivity index (χ0n) is 13.0. The molecule has 0 spiro atoms. The normalized spacial score (nSPS) is 11.0. The minimum absolute atomic E-state index is 0.728. The van der Waals surface area contributed by atoms with Gasteiger partial charge in [-0.1, -0.05) is 29.8 Å². The van der Waals surface area contributed by atoms with Crippen molar-refractivity contribution in [2.75, 3.05) is 6.54 Å². The van der Waals surface area contributed by atoms with Gasteiger partial charge in [0.2, 0.25) is 0 Å². The second-order valence-corrected chi connectivity index (χ2v) is 5.59. The highest BCUT2D eigenvalue weighted by Gasteiger charge is 2.04. The van der Waals surface area contributed by atoms with E-state index in [0.717, 1.165) is 36.7 Å². The summed E-state index contributed by atoms with van der Waals surface area (Å²) in [4.78, 5) is 0. The molecule has 22 heavy (non-hydrogen) atoms. The van der Waals surface area contributed by atoms with Crippen LogP contribution in [-0.2, 0) is 13.1 Å². The van der Waals surface area contributed by atoms with Gasteiger partial charge in [-0.25, -0.2) is 0 Å². The van der Waals surface area contributed by atoms with Gasteiger partial charge in [-0.05, 0) is 31.5 Å². The summed E-state index contributed by atoms with van der Waals surface area (Å²) in [6.07, 6.45) is 3.92. The fourth-order valence-corrected chi connectivity index (χ4v) is 2.34. The molecule has 0 fully saturated rings.